The first-order valence-corrected chi connectivity index (χ1v) is 7.20. The number of nitrogens with zero attached hydrogens (tertiary/aromatic N) is 1. The van der Waals surface area contributed by atoms with Gasteiger partial charge < -0.3 is 5.32 Å². The van der Waals surface area contributed by atoms with Crippen LogP contribution in [-0.4, -0.2) is 4.98 Å². The molecule has 20 heavy (non-hydrogen) atoms. The number of allylic oxidation sites excluding steroid dienone is 1. The Hall–Kier alpha value is -2.09. The standard InChI is InChI=1S/C18H22N2/c1-3-4-5-15(2)20-18-8-6-16(7-9-18)14-17-10-12-19-13-11-17/h6-13,20H,2-5,14H2,1H3. The fourth-order valence-corrected chi connectivity index (χ4v) is 2.10. The van der Waals surface area contributed by atoms with Crippen molar-refractivity contribution in [2.45, 2.75) is 32.6 Å². The van der Waals surface area contributed by atoms with Gasteiger partial charge in [-0.3, -0.25) is 4.98 Å². The van der Waals surface area contributed by atoms with E-state index < -0.39 is 0 Å². The second-order valence-electron chi connectivity index (χ2n) is 5.06. The van der Waals surface area contributed by atoms with Gasteiger partial charge in [0.05, 0.1) is 0 Å². The van der Waals surface area contributed by atoms with Crippen LogP contribution in [0.15, 0.2) is 61.1 Å². The molecule has 2 aromatic rings. The third-order valence-electron chi connectivity index (χ3n) is 3.26. The summed E-state index contributed by atoms with van der Waals surface area (Å²) in [6, 6.07) is 12.7. The van der Waals surface area contributed by atoms with Crippen molar-refractivity contribution in [3.8, 4) is 0 Å². The molecule has 0 amide bonds. The van der Waals surface area contributed by atoms with Crippen molar-refractivity contribution in [2.75, 3.05) is 5.32 Å². The van der Waals surface area contributed by atoms with Gasteiger partial charge in [0.25, 0.3) is 0 Å². The summed E-state index contributed by atoms with van der Waals surface area (Å²) in [6.07, 6.45) is 8.04. The predicted molar refractivity (Wildman–Crippen MR) is 85.8 cm³/mol. The lowest BCUT2D eigenvalue weighted by Crippen LogP contribution is -1.98. The molecular formula is C18H22N2. The SMILES string of the molecule is C=C(CCCC)Nc1ccc(Cc2ccncc2)cc1. The minimum absolute atomic E-state index is 0.944. The summed E-state index contributed by atoms with van der Waals surface area (Å²) in [4.78, 5) is 4.04. The summed E-state index contributed by atoms with van der Waals surface area (Å²) < 4.78 is 0. The Morgan fingerprint density at radius 2 is 1.70 bits per heavy atom. The molecule has 0 spiro atoms. The van der Waals surface area contributed by atoms with Crippen molar-refractivity contribution in [1.82, 2.24) is 4.98 Å². The van der Waals surface area contributed by atoms with Crippen LogP contribution in [0.1, 0.15) is 37.3 Å². The van der Waals surface area contributed by atoms with E-state index in [1.165, 1.54) is 24.0 Å². The summed E-state index contributed by atoms with van der Waals surface area (Å²) in [5, 5.41) is 3.36. The van der Waals surface area contributed by atoms with Gasteiger partial charge in [-0.25, -0.2) is 0 Å². The van der Waals surface area contributed by atoms with E-state index in [4.69, 9.17) is 0 Å². The van der Waals surface area contributed by atoms with Crippen LogP contribution >= 0.6 is 0 Å². The lowest BCUT2D eigenvalue weighted by atomic mass is 10.1. The first kappa shape index (κ1) is 14.3. The van der Waals surface area contributed by atoms with Gasteiger partial charge in [0.2, 0.25) is 0 Å². The highest BCUT2D eigenvalue weighted by molar-refractivity contribution is 5.49. The monoisotopic (exact) mass is 266 g/mol. The van der Waals surface area contributed by atoms with Crippen LogP contribution in [0.3, 0.4) is 0 Å². The van der Waals surface area contributed by atoms with Crippen LogP contribution in [0.2, 0.25) is 0 Å². The van der Waals surface area contributed by atoms with Gasteiger partial charge in [-0.1, -0.05) is 32.1 Å². The maximum absolute atomic E-state index is 4.06. The highest BCUT2D eigenvalue weighted by atomic mass is 14.9. The average Bonchev–Trinajstić information content (AvgIpc) is 2.48. The number of pyridine rings is 1. The second-order valence-corrected chi connectivity index (χ2v) is 5.06. The van der Waals surface area contributed by atoms with Crippen LogP contribution in [0.5, 0.6) is 0 Å². The zero-order valence-corrected chi connectivity index (χ0v) is 12.1. The zero-order chi connectivity index (χ0) is 14.2. The van der Waals surface area contributed by atoms with Crippen molar-refractivity contribution in [2.24, 2.45) is 0 Å². The van der Waals surface area contributed by atoms with E-state index in [2.05, 4.69) is 60.2 Å². The number of nitrogens with one attached hydrogen (secondary N) is 1. The molecule has 0 aliphatic rings. The lowest BCUT2D eigenvalue weighted by Gasteiger charge is -2.10. The molecule has 0 bridgehead atoms. The molecule has 2 heteroatoms. The molecule has 1 aromatic carbocycles. The van der Waals surface area contributed by atoms with E-state index in [-0.39, 0.29) is 0 Å². The van der Waals surface area contributed by atoms with Gasteiger partial charge in [-0.2, -0.15) is 0 Å². The number of hydrogen-bond acceptors (Lipinski definition) is 2. The molecule has 2 nitrogen and oxygen atoms in total. The molecule has 0 saturated heterocycles. The molecule has 104 valence electrons. The van der Waals surface area contributed by atoms with E-state index in [9.17, 15) is 0 Å². The van der Waals surface area contributed by atoms with Gasteiger partial charge in [-0.05, 0) is 54.7 Å². The Morgan fingerprint density at radius 3 is 2.35 bits per heavy atom. The highest BCUT2D eigenvalue weighted by Crippen LogP contribution is 2.16. The Labute approximate surface area is 121 Å². The molecule has 0 fully saturated rings. The maximum Gasteiger partial charge on any atom is 0.0381 e. The van der Waals surface area contributed by atoms with Crippen LogP contribution in [-0.2, 0) is 6.42 Å². The first-order chi connectivity index (χ1) is 9.78. The second kappa shape index (κ2) is 7.49. The topological polar surface area (TPSA) is 24.9 Å². The first-order valence-electron chi connectivity index (χ1n) is 7.20. The molecule has 0 aliphatic carbocycles. The lowest BCUT2D eigenvalue weighted by molar-refractivity contribution is 0.792. The van der Waals surface area contributed by atoms with Crippen LogP contribution < -0.4 is 5.32 Å². The number of hydrogen-bond donors (Lipinski definition) is 1. The number of rotatable bonds is 7. The van der Waals surface area contributed by atoms with E-state index >= 15 is 0 Å². The quantitative estimate of drug-likeness (QED) is 0.779. The van der Waals surface area contributed by atoms with Crippen molar-refractivity contribution in [1.29, 1.82) is 0 Å². The summed E-state index contributed by atoms with van der Waals surface area (Å²) in [5.74, 6) is 0. The normalized spacial score (nSPS) is 10.2. The Morgan fingerprint density at radius 1 is 1.05 bits per heavy atom. The highest BCUT2D eigenvalue weighted by Gasteiger charge is 1.98. The van der Waals surface area contributed by atoms with Crippen molar-refractivity contribution < 1.29 is 0 Å². The molecule has 1 aromatic heterocycles. The van der Waals surface area contributed by atoms with Crippen LogP contribution in [0.4, 0.5) is 5.69 Å². The van der Waals surface area contributed by atoms with Crippen LogP contribution in [0, 0.1) is 0 Å². The van der Waals surface area contributed by atoms with E-state index in [0.29, 0.717) is 0 Å². The molecule has 1 heterocycles. The predicted octanol–water partition coefficient (Wildman–Crippen LogP) is 4.79. The van der Waals surface area contributed by atoms with Crippen molar-refractivity contribution >= 4 is 5.69 Å². The number of unbranched alkanes of at least 4 members (excludes halogenated alkanes) is 1. The molecule has 0 saturated carbocycles. The minimum Gasteiger partial charge on any atom is -0.359 e. The molecule has 0 radical (unpaired) electrons. The third-order valence-corrected chi connectivity index (χ3v) is 3.26. The third kappa shape index (κ3) is 4.54. The molecule has 2 rings (SSSR count). The summed E-state index contributed by atoms with van der Waals surface area (Å²) in [5.41, 5.74) is 4.80. The van der Waals surface area contributed by atoms with Gasteiger partial charge >= 0.3 is 0 Å². The largest absolute Gasteiger partial charge is 0.359 e. The van der Waals surface area contributed by atoms with Crippen LogP contribution in [0.25, 0.3) is 0 Å². The summed E-state index contributed by atoms with van der Waals surface area (Å²) in [6.45, 7) is 6.26. The van der Waals surface area contributed by atoms with Crippen molar-refractivity contribution in [3.63, 3.8) is 0 Å². The maximum atomic E-state index is 4.06. The minimum atomic E-state index is 0.944. The molecule has 0 unspecified atom stereocenters. The van der Waals surface area contributed by atoms with Gasteiger partial charge in [0.15, 0.2) is 0 Å². The molecular weight excluding hydrogens is 244 g/mol. The molecule has 1 N–H and O–H groups in total. The summed E-state index contributed by atoms with van der Waals surface area (Å²) in [7, 11) is 0. The van der Waals surface area contributed by atoms with Crippen molar-refractivity contribution in [3.05, 3.63) is 72.2 Å². The molecule has 0 aliphatic heterocycles. The fraction of sp³-hybridized carbons (Fsp3) is 0.278. The van der Waals surface area contributed by atoms with E-state index in [0.717, 1.165) is 24.2 Å². The number of anilines is 1. The number of aromatic nitrogens is 1. The van der Waals surface area contributed by atoms with E-state index in [1.54, 1.807) is 0 Å². The Bertz CT molecular complexity index is 529. The Kier molecular flexibility index (Phi) is 5.36. The zero-order valence-electron chi connectivity index (χ0n) is 12.1. The van der Waals surface area contributed by atoms with E-state index in [1.807, 2.05) is 12.4 Å². The fourth-order valence-electron chi connectivity index (χ4n) is 2.10. The van der Waals surface area contributed by atoms with Gasteiger partial charge in [0.1, 0.15) is 0 Å². The van der Waals surface area contributed by atoms with Gasteiger partial charge in [0, 0.05) is 23.8 Å². The smallest absolute Gasteiger partial charge is 0.0381 e. The Balaban J connectivity index is 1.91. The average molecular weight is 266 g/mol. The molecule has 0 atom stereocenters. The summed E-state index contributed by atoms with van der Waals surface area (Å²) >= 11 is 0. The van der Waals surface area contributed by atoms with Gasteiger partial charge in [-0.15, -0.1) is 0 Å². The number of benzene rings is 1.